The molecular formula is C96H105N19O9. The Morgan fingerprint density at radius 2 is 0.637 bits per heavy atom. The SMILES string of the molecule is COCCCN1CCN(c2ccc(C(=O)Nc3cc(-c4ccncc4)c[nH]c3=O)cc2)CC1.O=C(Nc1cc(-c2ccncc2)c[nH]c1=O)c1ccc(N2CCC(N3CCCC3)CC2)cc1.O=C(Nc1cc(-c2ccncc2)c[nH]c1=O)c1ccc(N2CCCCCC2)cc1.O=C(Nc1cc(-c2ccncc2)c[nH]c1=O)c1ccc(N2CCCNCC2)cc1. The van der Waals surface area contributed by atoms with Gasteiger partial charge in [-0.1, -0.05) is 12.8 Å². The Balaban J connectivity index is 0.000000135. The van der Waals surface area contributed by atoms with E-state index in [0.29, 0.717) is 22.3 Å². The first-order valence-corrected chi connectivity index (χ1v) is 42.6. The highest BCUT2D eigenvalue weighted by Gasteiger charge is 2.28. The average Bonchev–Trinajstić information content (AvgIpc) is 1.02. The summed E-state index contributed by atoms with van der Waals surface area (Å²) in [6.07, 6.45) is 32.2. The number of nitrogens with zero attached hydrogens (tertiary/aromatic N) is 10. The summed E-state index contributed by atoms with van der Waals surface area (Å²) in [6, 6.07) is 52.5. The Labute approximate surface area is 719 Å². The van der Waals surface area contributed by atoms with Crippen LogP contribution in [0, 0.1) is 0 Å². The van der Waals surface area contributed by atoms with Crippen molar-refractivity contribution < 1.29 is 23.9 Å². The van der Waals surface area contributed by atoms with Gasteiger partial charge in [0.2, 0.25) is 0 Å². The monoisotopic (exact) mass is 1670 g/mol. The van der Waals surface area contributed by atoms with Gasteiger partial charge >= 0.3 is 0 Å². The molecule has 9 N–H and O–H groups in total. The number of aromatic nitrogens is 8. The maximum atomic E-state index is 12.8. The zero-order chi connectivity index (χ0) is 85.8. The number of hydrogen-bond acceptors (Lipinski definition) is 20. The van der Waals surface area contributed by atoms with E-state index in [2.05, 4.69) is 95.9 Å². The number of likely N-dealkylation sites (tertiary alicyclic amines) is 1. The van der Waals surface area contributed by atoms with Crippen molar-refractivity contribution in [1.29, 1.82) is 0 Å². The number of hydrogen-bond donors (Lipinski definition) is 9. The van der Waals surface area contributed by atoms with E-state index in [9.17, 15) is 38.4 Å². The van der Waals surface area contributed by atoms with E-state index in [-0.39, 0.29) is 68.6 Å². The molecule has 124 heavy (non-hydrogen) atoms. The topological polar surface area (TPSA) is 340 Å². The summed E-state index contributed by atoms with van der Waals surface area (Å²) in [5.74, 6) is -1.23. The predicted octanol–water partition coefficient (Wildman–Crippen LogP) is 13.2. The first kappa shape index (κ1) is 86.6. The van der Waals surface area contributed by atoms with Crippen LogP contribution in [-0.4, -0.2) is 191 Å². The molecule has 5 aliphatic heterocycles. The number of rotatable bonds is 21. The third-order valence-electron chi connectivity index (χ3n) is 22.9. The van der Waals surface area contributed by atoms with Crippen LogP contribution in [0.5, 0.6) is 0 Å². The number of carbonyl (C=O) groups is 4. The number of anilines is 8. The van der Waals surface area contributed by atoms with Crippen LogP contribution in [0.3, 0.4) is 0 Å². The lowest BCUT2D eigenvalue weighted by atomic mass is 10.0. The number of amides is 4. The molecule has 12 aromatic rings. The molecule has 0 saturated carbocycles. The van der Waals surface area contributed by atoms with E-state index in [1.807, 2.05) is 121 Å². The Morgan fingerprint density at radius 1 is 0.339 bits per heavy atom. The van der Waals surface area contributed by atoms with Gasteiger partial charge in [0.1, 0.15) is 22.7 Å². The molecule has 8 aromatic heterocycles. The van der Waals surface area contributed by atoms with Crippen molar-refractivity contribution in [3.05, 3.63) is 308 Å². The van der Waals surface area contributed by atoms with Crippen LogP contribution in [0.2, 0.25) is 0 Å². The van der Waals surface area contributed by atoms with Crippen molar-refractivity contribution in [3.63, 3.8) is 0 Å². The Hall–Kier alpha value is -13.8. The minimum atomic E-state index is -0.346. The first-order chi connectivity index (χ1) is 60.7. The molecule has 17 rings (SSSR count). The maximum absolute atomic E-state index is 12.8. The van der Waals surface area contributed by atoms with Gasteiger partial charge in [0.25, 0.3) is 45.9 Å². The summed E-state index contributed by atoms with van der Waals surface area (Å²) in [4.78, 5) is 141. The zero-order valence-electron chi connectivity index (χ0n) is 69.7. The lowest BCUT2D eigenvalue weighted by Crippen LogP contribution is -2.46. The zero-order valence-corrected chi connectivity index (χ0v) is 69.7. The highest BCUT2D eigenvalue weighted by Crippen LogP contribution is 2.30. The minimum absolute atomic E-state index is 0.211. The van der Waals surface area contributed by atoms with Crippen molar-refractivity contribution in [2.24, 2.45) is 0 Å². The number of pyridine rings is 8. The number of aromatic amines is 4. The number of carbonyl (C=O) groups excluding carboxylic acids is 4. The van der Waals surface area contributed by atoms with Crippen LogP contribution in [0.4, 0.5) is 45.5 Å². The second-order valence-electron chi connectivity index (χ2n) is 31.1. The number of methoxy groups -OCH3 is 1. The molecule has 13 heterocycles. The molecule has 638 valence electrons. The van der Waals surface area contributed by atoms with Crippen molar-refractivity contribution in [2.45, 2.75) is 70.3 Å². The molecule has 0 atom stereocenters. The fourth-order valence-electron chi connectivity index (χ4n) is 15.9. The third-order valence-corrected chi connectivity index (χ3v) is 22.9. The molecule has 4 aromatic carbocycles. The maximum Gasteiger partial charge on any atom is 0.271 e. The smallest absolute Gasteiger partial charge is 0.271 e. The van der Waals surface area contributed by atoms with E-state index in [0.717, 1.165) is 178 Å². The molecule has 28 nitrogen and oxygen atoms in total. The van der Waals surface area contributed by atoms with Crippen LogP contribution in [0.15, 0.2) is 263 Å². The Morgan fingerprint density at radius 3 is 0.968 bits per heavy atom. The molecule has 0 bridgehead atoms. The fourth-order valence-corrected chi connectivity index (χ4v) is 15.9. The molecular weight excluding hydrogens is 1560 g/mol. The molecule has 28 heteroatoms. The molecule has 5 saturated heterocycles. The molecule has 0 spiro atoms. The molecule has 0 radical (unpaired) electrons. The summed E-state index contributed by atoms with van der Waals surface area (Å²) in [5, 5.41) is 14.3. The lowest BCUT2D eigenvalue weighted by Gasteiger charge is -2.37. The van der Waals surface area contributed by atoms with E-state index >= 15 is 0 Å². The highest BCUT2D eigenvalue weighted by molar-refractivity contribution is 6.07. The number of nitrogens with one attached hydrogen (secondary N) is 9. The number of H-pyrrole nitrogens is 4. The van der Waals surface area contributed by atoms with Gasteiger partial charge in [0.05, 0.1) is 0 Å². The fraction of sp³-hybridized carbons (Fsp3) is 0.292. The molecule has 0 unspecified atom stereocenters. The van der Waals surface area contributed by atoms with Gasteiger partial charge in [-0.3, -0.25) is 63.2 Å². The predicted molar refractivity (Wildman–Crippen MR) is 490 cm³/mol. The average molecular weight is 1670 g/mol. The minimum Gasteiger partial charge on any atom is -0.385 e. The van der Waals surface area contributed by atoms with Gasteiger partial charge in [-0.2, -0.15) is 0 Å². The molecule has 5 fully saturated rings. The van der Waals surface area contributed by atoms with Gasteiger partial charge < -0.3 is 75.8 Å². The lowest BCUT2D eigenvalue weighted by molar-refractivity contribution is 0.101. The molecule has 5 aliphatic rings. The van der Waals surface area contributed by atoms with Crippen LogP contribution in [0.1, 0.15) is 106 Å². The normalized spacial score (nSPS) is 15.1. The summed E-state index contributed by atoms with van der Waals surface area (Å²) >= 11 is 0. The second-order valence-corrected chi connectivity index (χ2v) is 31.1. The Bertz CT molecular complexity index is 5540. The molecule has 4 amide bonds. The van der Waals surface area contributed by atoms with Crippen LogP contribution < -0.4 is 68.4 Å². The Kier molecular flexibility index (Phi) is 30.5. The quantitative estimate of drug-likeness (QED) is 0.0302. The highest BCUT2D eigenvalue weighted by atomic mass is 16.5. The van der Waals surface area contributed by atoms with Crippen molar-refractivity contribution in [2.75, 3.05) is 153 Å². The number of benzene rings is 4. The van der Waals surface area contributed by atoms with Crippen molar-refractivity contribution in [3.8, 4) is 44.5 Å². The van der Waals surface area contributed by atoms with Crippen LogP contribution >= 0.6 is 0 Å². The van der Waals surface area contributed by atoms with Crippen molar-refractivity contribution in [1.82, 2.24) is 55.0 Å². The van der Waals surface area contributed by atoms with E-state index < -0.39 is 0 Å². The van der Waals surface area contributed by atoms with Gasteiger partial charge in [-0.05, 0) is 263 Å². The van der Waals surface area contributed by atoms with Crippen LogP contribution in [-0.2, 0) is 4.74 Å². The van der Waals surface area contributed by atoms with Gasteiger partial charge in [-0.25, -0.2) is 0 Å². The second kappa shape index (κ2) is 43.6. The van der Waals surface area contributed by atoms with Crippen molar-refractivity contribution >= 4 is 69.1 Å². The third kappa shape index (κ3) is 23.9. The van der Waals surface area contributed by atoms with E-state index in [1.54, 1.807) is 130 Å². The van der Waals surface area contributed by atoms with Crippen LogP contribution in [0.25, 0.3) is 44.5 Å². The van der Waals surface area contributed by atoms with Gasteiger partial charge in [0, 0.05) is 240 Å². The summed E-state index contributed by atoms with van der Waals surface area (Å²) < 4.78 is 5.13. The number of piperidine rings is 1. The summed E-state index contributed by atoms with van der Waals surface area (Å²) in [5.41, 5.74) is 12.9. The summed E-state index contributed by atoms with van der Waals surface area (Å²) in [6.45, 7) is 16.4. The summed E-state index contributed by atoms with van der Waals surface area (Å²) in [7, 11) is 1.74. The van der Waals surface area contributed by atoms with E-state index in [1.165, 1.54) is 64.5 Å². The first-order valence-electron chi connectivity index (χ1n) is 42.6. The van der Waals surface area contributed by atoms with E-state index in [4.69, 9.17) is 4.74 Å². The molecule has 0 aliphatic carbocycles. The number of ether oxygens (including phenoxy) is 1. The largest absolute Gasteiger partial charge is 0.385 e. The van der Waals surface area contributed by atoms with Gasteiger partial charge in [-0.15, -0.1) is 0 Å². The van der Waals surface area contributed by atoms with Gasteiger partial charge in [0.15, 0.2) is 0 Å². The standard InChI is InChI=1S/C26H29N5O2.C25H29N5O3.C23H24N4O2.C22H23N5O2/c32-25(29-24-17-21(18-28-26(24)33)19-7-11-27-12-8-19)20-3-5-22(6-4-20)31-15-9-23(10-16-31)30-13-1-2-14-30;1-33-16-2-11-29-12-14-30(15-13-29)22-5-3-20(4-6-22)24(31)28-23-17-21(18-27-25(23)32)19-7-9-26-10-8-19;28-22(18-5-7-20(8-6-18)27-13-3-1-2-4-14-27)26-21-15-19(16-25-23(21)29)17-9-11-24-12-10-17;28-21(17-2-4-19(5-3-17)27-12-1-8-23-11-13-27)26-20-14-18(15-25-22(20)29)16-6-9-24-10-7-16/h3-8,11-12,17-18,23H,1-2,9-10,13-16H2,(H,28,33)(H,29,32);3-10,17-18H,2,11-16H2,1H3,(H,27,32)(H,28,31);5-12,15-16H,1-4,13-14H2,(H,25,29)(H,26,28);2-7,9-10,14-15,23H,1,8,11-13H2,(H,25,29)(H,26,28). The number of piperazine rings is 1.